The van der Waals surface area contributed by atoms with E-state index < -0.39 is 0 Å². The van der Waals surface area contributed by atoms with Crippen LogP contribution in [0.3, 0.4) is 0 Å². The summed E-state index contributed by atoms with van der Waals surface area (Å²) in [5.41, 5.74) is 1.12. The maximum atomic E-state index is 4.55. The molecule has 0 radical (unpaired) electrons. The Morgan fingerprint density at radius 2 is 1.94 bits per heavy atom. The van der Waals surface area contributed by atoms with E-state index in [0.717, 1.165) is 30.4 Å². The van der Waals surface area contributed by atoms with Crippen LogP contribution in [0.5, 0.6) is 0 Å². The monoisotopic (exact) mass is 249 g/mol. The zero-order chi connectivity index (χ0) is 13.5. The average molecular weight is 249 g/mol. The topological polar surface area (TPSA) is 37.8 Å². The maximum absolute atomic E-state index is 4.55. The first kappa shape index (κ1) is 15.1. The van der Waals surface area contributed by atoms with Gasteiger partial charge in [0.15, 0.2) is 0 Å². The summed E-state index contributed by atoms with van der Waals surface area (Å²) in [4.78, 5) is 8.72. The zero-order valence-corrected chi connectivity index (χ0v) is 12.4. The molecule has 2 atom stereocenters. The van der Waals surface area contributed by atoms with Crippen molar-refractivity contribution in [3.05, 3.63) is 23.8 Å². The van der Waals surface area contributed by atoms with Gasteiger partial charge in [-0.1, -0.05) is 27.7 Å². The van der Waals surface area contributed by atoms with E-state index in [4.69, 9.17) is 0 Å². The molecular formula is C15H27N3. The summed E-state index contributed by atoms with van der Waals surface area (Å²) in [5.74, 6) is 2.32. The maximum Gasteiger partial charge on any atom is 0.125 e. The first-order chi connectivity index (χ1) is 8.52. The smallest absolute Gasteiger partial charge is 0.125 e. The lowest BCUT2D eigenvalue weighted by atomic mass is 9.91. The number of rotatable bonds is 7. The van der Waals surface area contributed by atoms with E-state index in [2.05, 4.69) is 43.0 Å². The average Bonchev–Trinajstić information content (AvgIpc) is 2.27. The molecule has 0 fully saturated rings. The highest BCUT2D eigenvalue weighted by Crippen LogP contribution is 2.24. The molecule has 1 N–H and O–H groups in total. The molecule has 3 nitrogen and oxygen atoms in total. The van der Waals surface area contributed by atoms with Crippen LogP contribution >= 0.6 is 0 Å². The molecular weight excluding hydrogens is 222 g/mol. The predicted octanol–water partition coefficient (Wildman–Crippen LogP) is 3.51. The lowest BCUT2D eigenvalue weighted by Gasteiger charge is -2.22. The van der Waals surface area contributed by atoms with E-state index in [0.29, 0.717) is 12.0 Å². The van der Waals surface area contributed by atoms with Crippen LogP contribution in [0.25, 0.3) is 0 Å². The minimum Gasteiger partial charge on any atom is -0.309 e. The summed E-state index contributed by atoms with van der Waals surface area (Å²) in [6.45, 7) is 12.0. The fourth-order valence-electron chi connectivity index (χ4n) is 2.53. The molecule has 0 saturated carbocycles. The van der Waals surface area contributed by atoms with Crippen molar-refractivity contribution in [2.24, 2.45) is 11.8 Å². The van der Waals surface area contributed by atoms with Crippen molar-refractivity contribution in [1.29, 1.82) is 0 Å². The molecule has 0 amide bonds. The minimum atomic E-state index is 0.352. The normalized spacial score (nSPS) is 14.8. The molecule has 1 aromatic rings. The lowest BCUT2D eigenvalue weighted by molar-refractivity contribution is 0.355. The van der Waals surface area contributed by atoms with Crippen LogP contribution in [0.2, 0.25) is 0 Å². The van der Waals surface area contributed by atoms with Crippen LogP contribution in [0.4, 0.5) is 0 Å². The van der Waals surface area contributed by atoms with Gasteiger partial charge in [-0.05, 0) is 44.2 Å². The van der Waals surface area contributed by atoms with Crippen LogP contribution in [0.1, 0.15) is 58.1 Å². The minimum absolute atomic E-state index is 0.352. The summed E-state index contributed by atoms with van der Waals surface area (Å²) < 4.78 is 0. The van der Waals surface area contributed by atoms with Gasteiger partial charge in [-0.25, -0.2) is 9.97 Å². The third kappa shape index (κ3) is 5.13. The van der Waals surface area contributed by atoms with Gasteiger partial charge < -0.3 is 5.32 Å². The molecule has 0 spiro atoms. The SMILES string of the molecule is CCNC(CC(C)CC(C)C)c1ccnc(C)n1. The summed E-state index contributed by atoms with van der Waals surface area (Å²) >= 11 is 0. The highest BCUT2D eigenvalue weighted by Gasteiger charge is 2.16. The zero-order valence-electron chi connectivity index (χ0n) is 12.4. The number of nitrogens with zero attached hydrogens (tertiary/aromatic N) is 2. The molecule has 1 aromatic heterocycles. The molecule has 18 heavy (non-hydrogen) atoms. The highest BCUT2D eigenvalue weighted by atomic mass is 15.0. The van der Waals surface area contributed by atoms with Crippen molar-refractivity contribution in [2.75, 3.05) is 6.54 Å². The summed E-state index contributed by atoms with van der Waals surface area (Å²) in [6, 6.07) is 2.38. The summed E-state index contributed by atoms with van der Waals surface area (Å²) in [7, 11) is 0. The van der Waals surface area contributed by atoms with E-state index in [1.54, 1.807) is 0 Å². The Bertz CT molecular complexity index is 349. The molecule has 0 saturated heterocycles. The fourth-order valence-corrected chi connectivity index (χ4v) is 2.53. The fraction of sp³-hybridized carbons (Fsp3) is 0.733. The van der Waals surface area contributed by atoms with E-state index in [1.165, 1.54) is 6.42 Å². The predicted molar refractivity (Wildman–Crippen MR) is 76.4 cm³/mol. The Balaban J connectivity index is 2.70. The molecule has 0 aromatic carbocycles. The van der Waals surface area contributed by atoms with Gasteiger partial charge >= 0.3 is 0 Å². The largest absolute Gasteiger partial charge is 0.309 e. The Hall–Kier alpha value is -0.960. The second kappa shape index (κ2) is 7.47. The van der Waals surface area contributed by atoms with Gasteiger partial charge in [0.25, 0.3) is 0 Å². The number of nitrogens with one attached hydrogen (secondary N) is 1. The van der Waals surface area contributed by atoms with Crippen LogP contribution < -0.4 is 5.32 Å². The molecule has 0 aliphatic rings. The second-order valence-electron chi connectivity index (χ2n) is 5.61. The van der Waals surface area contributed by atoms with Gasteiger partial charge in [0, 0.05) is 12.2 Å². The van der Waals surface area contributed by atoms with Gasteiger partial charge in [-0.15, -0.1) is 0 Å². The highest BCUT2D eigenvalue weighted by molar-refractivity contribution is 5.07. The van der Waals surface area contributed by atoms with Crippen molar-refractivity contribution in [3.63, 3.8) is 0 Å². The molecule has 1 rings (SSSR count). The van der Waals surface area contributed by atoms with E-state index in [-0.39, 0.29) is 0 Å². The van der Waals surface area contributed by atoms with Crippen molar-refractivity contribution < 1.29 is 0 Å². The summed E-state index contributed by atoms with van der Waals surface area (Å²) in [6.07, 6.45) is 4.27. The quantitative estimate of drug-likeness (QED) is 0.803. The molecule has 3 heteroatoms. The summed E-state index contributed by atoms with van der Waals surface area (Å²) in [5, 5.41) is 3.54. The van der Waals surface area contributed by atoms with Crippen LogP contribution in [-0.2, 0) is 0 Å². The lowest BCUT2D eigenvalue weighted by Crippen LogP contribution is -2.24. The first-order valence-electron chi connectivity index (χ1n) is 7.05. The van der Waals surface area contributed by atoms with Gasteiger partial charge in [0.2, 0.25) is 0 Å². The Kier molecular flexibility index (Phi) is 6.27. The van der Waals surface area contributed by atoms with Crippen LogP contribution in [0, 0.1) is 18.8 Å². The van der Waals surface area contributed by atoms with E-state index in [9.17, 15) is 0 Å². The van der Waals surface area contributed by atoms with Gasteiger partial charge in [-0.2, -0.15) is 0 Å². The molecule has 1 heterocycles. The molecule has 0 bridgehead atoms. The number of aromatic nitrogens is 2. The second-order valence-corrected chi connectivity index (χ2v) is 5.61. The Morgan fingerprint density at radius 3 is 2.50 bits per heavy atom. The molecule has 2 unspecified atom stereocenters. The van der Waals surface area contributed by atoms with E-state index >= 15 is 0 Å². The van der Waals surface area contributed by atoms with Crippen LogP contribution in [0.15, 0.2) is 12.3 Å². The van der Waals surface area contributed by atoms with Crippen molar-refractivity contribution in [3.8, 4) is 0 Å². The van der Waals surface area contributed by atoms with E-state index in [1.807, 2.05) is 19.2 Å². The van der Waals surface area contributed by atoms with Gasteiger partial charge in [0.1, 0.15) is 5.82 Å². The van der Waals surface area contributed by atoms with Crippen LogP contribution in [-0.4, -0.2) is 16.5 Å². The number of aryl methyl sites for hydroxylation is 1. The number of hydrogen-bond acceptors (Lipinski definition) is 3. The van der Waals surface area contributed by atoms with Crippen molar-refractivity contribution >= 4 is 0 Å². The molecule has 0 aliphatic carbocycles. The van der Waals surface area contributed by atoms with Crippen molar-refractivity contribution in [1.82, 2.24) is 15.3 Å². The standard InChI is InChI=1S/C15H27N3/c1-6-16-15(10-12(4)9-11(2)3)14-7-8-17-13(5)18-14/h7-8,11-12,15-16H,6,9-10H2,1-5H3. The molecule has 102 valence electrons. The molecule has 0 aliphatic heterocycles. The van der Waals surface area contributed by atoms with Gasteiger partial charge in [0.05, 0.1) is 5.69 Å². The van der Waals surface area contributed by atoms with Crippen molar-refractivity contribution in [2.45, 2.75) is 53.5 Å². The Labute approximate surface area is 111 Å². The number of hydrogen-bond donors (Lipinski definition) is 1. The third-order valence-electron chi connectivity index (χ3n) is 3.12. The van der Waals surface area contributed by atoms with Gasteiger partial charge in [-0.3, -0.25) is 0 Å². The third-order valence-corrected chi connectivity index (χ3v) is 3.12. The Morgan fingerprint density at radius 1 is 1.22 bits per heavy atom. The first-order valence-corrected chi connectivity index (χ1v) is 7.05.